The van der Waals surface area contributed by atoms with Crippen molar-refractivity contribution in [2.24, 2.45) is 0 Å². The Morgan fingerprint density at radius 2 is 1.81 bits per heavy atom. The van der Waals surface area contributed by atoms with Crippen LogP contribution in [0.3, 0.4) is 0 Å². The highest BCUT2D eigenvalue weighted by Gasteiger charge is 2.12. The van der Waals surface area contributed by atoms with Crippen molar-refractivity contribution in [1.29, 1.82) is 0 Å². The Bertz CT molecular complexity index is 940. The summed E-state index contributed by atoms with van der Waals surface area (Å²) in [7, 11) is -3.35. The third-order valence-electron chi connectivity index (χ3n) is 3.56. The lowest BCUT2D eigenvalue weighted by Crippen LogP contribution is -2.12. The minimum Gasteiger partial charge on any atom is -0.506 e. The van der Waals surface area contributed by atoms with Crippen LogP contribution in [-0.4, -0.2) is 30.7 Å². The summed E-state index contributed by atoms with van der Waals surface area (Å²) in [5, 5.41) is 12.6. The average molecular weight is 377 g/mol. The number of nitrogens with one attached hydrogen (secondary N) is 2. The number of hydrogen-bond acceptors (Lipinski definition) is 7. The number of carbonyl (C=O) groups is 1. The molecule has 0 aliphatic heterocycles. The molecule has 26 heavy (non-hydrogen) atoms. The number of amides is 1. The normalized spacial score (nSPS) is 12.1. The van der Waals surface area contributed by atoms with Crippen molar-refractivity contribution in [1.82, 2.24) is 4.98 Å². The summed E-state index contributed by atoms with van der Waals surface area (Å²) in [4.78, 5) is 21.2. The Morgan fingerprint density at radius 3 is 2.38 bits per heavy atom. The van der Waals surface area contributed by atoms with Crippen LogP contribution in [0.25, 0.3) is 0 Å². The van der Waals surface area contributed by atoms with E-state index in [9.17, 15) is 18.3 Å². The molecule has 1 heterocycles. The lowest BCUT2D eigenvalue weighted by atomic mass is 10.2. The number of rotatable bonds is 6. The van der Waals surface area contributed by atoms with E-state index < -0.39 is 9.84 Å². The zero-order valence-corrected chi connectivity index (χ0v) is 15.3. The van der Waals surface area contributed by atoms with Gasteiger partial charge in [0.25, 0.3) is 5.91 Å². The van der Waals surface area contributed by atoms with Crippen LogP contribution < -0.4 is 10.8 Å². The minimum absolute atomic E-state index is 0.0930. The average Bonchev–Trinajstić information content (AvgIpc) is 2.61. The van der Waals surface area contributed by atoms with Crippen LogP contribution in [0, 0.1) is 0 Å². The SMILES string of the molecule is C/C(ONc1ccc(NC(=O)c2ccncc2)c(O)c1)=C(\C)S(C)(=O)=O. The van der Waals surface area contributed by atoms with Gasteiger partial charge in [-0.15, -0.1) is 0 Å². The second-order valence-corrected chi connectivity index (χ2v) is 7.67. The van der Waals surface area contributed by atoms with Crippen molar-refractivity contribution >= 4 is 27.1 Å². The highest BCUT2D eigenvalue weighted by Crippen LogP contribution is 2.27. The molecule has 0 fully saturated rings. The number of sulfone groups is 1. The van der Waals surface area contributed by atoms with Gasteiger partial charge in [0.2, 0.25) is 0 Å². The number of allylic oxidation sites excluding steroid dienone is 2. The molecule has 3 N–H and O–H groups in total. The van der Waals surface area contributed by atoms with Gasteiger partial charge in [-0.05, 0) is 38.1 Å². The number of phenols is 1. The number of nitrogens with zero attached hydrogens (tertiary/aromatic N) is 1. The van der Waals surface area contributed by atoms with Crippen molar-refractivity contribution in [3.8, 4) is 5.75 Å². The number of carbonyl (C=O) groups excluding carboxylic acids is 1. The van der Waals surface area contributed by atoms with E-state index in [1.54, 1.807) is 18.2 Å². The van der Waals surface area contributed by atoms with Crippen molar-refractivity contribution in [2.75, 3.05) is 17.1 Å². The van der Waals surface area contributed by atoms with E-state index >= 15 is 0 Å². The molecule has 0 spiro atoms. The molecule has 1 aromatic carbocycles. The van der Waals surface area contributed by atoms with Crippen LogP contribution in [0.4, 0.5) is 11.4 Å². The number of anilines is 2. The topological polar surface area (TPSA) is 118 Å². The fraction of sp³-hybridized carbons (Fsp3) is 0.176. The molecule has 1 amide bonds. The summed E-state index contributed by atoms with van der Waals surface area (Å²) < 4.78 is 22.9. The predicted octanol–water partition coefficient (Wildman–Crippen LogP) is 2.68. The number of phenolic OH excluding ortho intramolecular Hbond substituents is 1. The van der Waals surface area contributed by atoms with E-state index in [4.69, 9.17) is 4.84 Å². The van der Waals surface area contributed by atoms with Gasteiger partial charge >= 0.3 is 0 Å². The first-order valence-electron chi connectivity index (χ1n) is 7.53. The predicted molar refractivity (Wildman–Crippen MR) is 98.2 cm³/mol. The van der Waals surface area contributed by atoms with E-state index in [1.807, 2.05) is 0 Å². The quantitative estimate of drug-likeness (QED) is 0.402. The maximum absolute atomic E-state index is 12.1. The summed E-state index contributed by atoms with van der Waals surface area (Å²) >= 11 is 0. The number of aromatic hydroxyl groups is 1. The molecule has 2 aromatic rings. The van der Waals surface area contributed by atoms with Crippen LogP contribution in [0.15, 0.2) is 53.4 Å². The first kappa shape index (κ1) is 19.3. The standard InChI is InChI=1S/C17H19N3O5S/c1-11(12(2)26(3,23)24)25-20-14-4-5-15(16(21)10-14)19-17(22)13-6-8-18-9-7-13/h4-10,20-21H,1-3H3,(H,19,22)/b12-11-. The van der Waals surface area contributed by atoms with Crippen molar-refractivity contribution in [3.05, 3.63) is 59.0 Å². The van der Waals surface area contributed by atoms with Crippen molar-refractivity contribution in [2.45, 2.75) is 13.8 Å². The summed E-state index contributed by atoms with van der Waals surface area (Å²) in [6.07, 6.45) is 4.07. The van der Waals surface area contributed by atoms with Crippen molar-refractivity contribution < 1.29 is 23.2 Å². The van der Waals surface area contributed by atoms with Gasteiger partial charge in [0.1, 0.15) is 11.5 Å². The first-order chi connectivity index (χ1) is 12.2. The molecule has 0 radical (unpaired) electrons. The summed E-state index contributed by atoms with van der Waals surface area (Å²) in [5.41, 5.74) is 3.55. The minimum atomic E-state index is -3.35. The monoisotopic (exact) mass is 377 g/mol. The highest BCUT2D eigenvalue weighted by molar-refractivity contribution is 7.94. The summed E-state index contributed by atoms with van der Waals surface area (Å²) in [5.74, 6) is -0.383. The maximum Gasteiger partial charge on any atom is 0.255 e. The molecule has 0 saturated carbocycles. The Morgan fingerprint density at radius 1 is 1.15 bits per heavy atom. The molecule has 0 aliphatic rings. The number of hydrogen-bond donors (Lipinski definition) is 3. The second kappa shape index (κ2) is 7.87. The Hall–Kier alpha value is -3.07. The number of benzene rings is 1. The van der Waals surface area contributed by atoms with Gasteiger partial charge in [-0.3, -0.25) is 9.78 Å². The van der Waals surface area contributed by atoms with Gasteiger partial charge < -0.3 is 15.3 Å². The van der Waals surface area contributed by atoms with E-state index in [0.29, 0.717) is 11.3 Å². The molecular formula is C17H19N3O5S. The van der Waals surface area contributed by atoms with Gasteiger partial charge in [-0.2, -0.15) is 0 Å². The van der Waals surface area contributed by atoms with Crippen LogP contribution in [0.5, 0.6) is 5.75 Å². The molecule has 0 aliphatic carbocycles. The molecule has 1 aromatic heterocycles. The van der Waals surface area contributed by atoms with E-state index in [1.165, 1.54) is 38.4 Å². The van der Waals surface area contributed by atoms with E-state index in [2.05, 4.69) is 15.8 Å². The van der Waals surface area contributed by atoms with E-state index in [0.717, 1.165) is 6.26 Å². The fourth-order valence-corrected chi connectivity index (χ4v) is 2.43. The van der Waals surface area contributed by atoms with Crippen LogP contribution in [0.2, 0.25) is 0 Å². The van der Waals surface area contributed by atoms with Gasteiger partial charge in [0, 0.05) is 30.3 Å². The summed E-state index contributed by atoms with van der Waals surface area (Å²) in [6, 6.07) is 7.49. The zero-order chi connectivity index (χ0) is 19.3. The smallest absolute Gasteiger partial charge is 0.255 e. The maximum atomic E-state index is 12.1. The molecule has 8 nitrogen and oxygen atoms in total. The number of aromatic nitrogens is 1. The second-order valence-electron chi connectivity index (χ2n) is 5.51. The van der Waals surface area contributed by atoms with Crippen LogP contribution in [0.1, 0.15) is 24.2 Å². The molecule has 0 unspecified atom stereocenters. The summed E-state index contributed by atoms with van der Waals surface area (Å²) in [6.45, 7) is 2.94. The Labute approximate surface area is 151 Å². The Balaban J connectivity index is 2.07. The van der Waals surface area contributed by atoms with Gasteiger partial charge in [0.15, 0.2) is 9.84 Å². The van der Waals surface area contributed by atoms with Crippen LogP contribution in [-0.2, 0) is 14.7 Å². The van der Waals surface area contributed by atoms with Crippen molar-refractivity contribution in [3.63, 3.8) is 0 Å². The fourth-order valence-electron chi connectivity index (χ4n) is 1.87. The lowest BCUT2D eigenvalue weighted by Gasteiger charge is -2.12. The molecule has 0 saturated heterocycles. The molecular weight excluding hydrogens is 358 g/mol. The third kappa shape index (κ3) is 4.96. The largest absolute Gasteiger partial charge is 0.506 e. The molecule has 0 bridgehead atoms. The lowest BCUT2D eigenvalue weighted by molar-refractivity contribution is 0.102. The van der Waals surface area contributed by atoms with E-state index in [-0.39, 0.29) is 28.0 Å². The third-order valence-corrected chi connectivity index (χ3v) is 4.96. The molecule has 2 rings (SSSR count). The van der Waals surface area contributed by atoms with Gasteiger partial charge in [-0.1, -0.05) is 0 Å². The van der Waals surface area contributed by atoms with Gasteiger partial charge in [-0.25, -0.2) is 13.9 Å². The van der Waals surface area contributed by atoms with Crippen LogP contribution >= 0.6 is 0 Å². The Kier molecular flexibility index (Phi) is 5.83. The highest BCUT2D eigenvalue weighted by atomic mass is 32.2. The molecule has 9 heteroatoms. The zero-order valence-electron chi connectivity index (χ0n) is 14.5. The number of pyridine rings is 1. The molecule has 0 atom stereocenters. The molecule has 138 valence electrons. The first-order valence-corrected chi connectivity index (χ1v) is 9.42. The van der Waals surface area contributed by atoms with Gasteiger partial charge in [0.05, 0.1) is 16.3 Å².